The Morgan fingerprint density at radius 1 is 1.27 bits per heavy atom. The molecule has 2 heterocycles. The molecule has 16 heteroatoms. The summed E-state index contributed by atoms with van der Waals surface area (Å²) in [5.41, 5.74) is 0. The van der Waals surface area contributed by atoms with Crippen molar-refractivity contribution in [3.05, 3.63) is 17.2 Å². The van der Waals surface area contributed by atoms with Gasteiger partial charge in [0.05, 0.1) is 6.04 Å². The van der Waals surface area contributed by atoms with Gasteiger partial charge in [-0.1, -0.05) is 37.7 Å². The van der Waals surface area contributed by atoms with Crippen molar-refractivity contribution in [2.24, 2.45) is 5.92 Å². The van der Waals surface area contributed by atoms with E-state index in [0.717, 1.165) is 25.8 Å². The van der Waals surface area contributed by atoms with Crippen molar-refractivity contribution < 1.29 is 40.3 Å². The highest BCUT2D eigenvalue weighted by atomic mass is 32.3. The summed E-state index contributed by atoms with van der Waals surface area (Å²) in [5, 5.41) is 13.3. The minimum atomic E-state index is -4.67. The van der Waals surface area contributed by atoms with E-state index in [1.54, 1.807) is 6.08 Å². The number of carbonyl (C=O) groups is 2. The lowest BCUT2D eigenvalue weighted by Gasteiger charge is -2.25. The minimum absolute atomic E-state index is 0.116. The second-order valence-electron chi connectivity index (χ2n) is 7.45. The van der Waals surface area contributed by atoms with Crippen molar-refractivity contribution in [1.29, 1.82) is 0 Å². The predicted octanol–water partition coefficient (Wildman–Crippen LogP) is 2.07. The third-order valence-corrected chi connectivity index (χ3v) is 4.94. The number of hydrogen-bond donors (Lipinski definition) is 5. The number of rotatable bonds is 7. The SMILES string of the molecule is CC(C)C[C@@H](C=CC(=O)Nc1nnc(C(F)(F)F)s1)NC(=O)[C@@H]1CCCCN1.O=S(=O)(O)O. The van der Waals surface area contributed by atoms with Crippen molar-refractivity contribution in [1.82, 2.24) is 20.8 Å². The van der Waals surface area contributed by atoms with E-state index in [4.69, 9.17) is 17.5 Å². The standard InChI is InChI=1S/C17H24F3N5O2S.H2O4S/c1-10(2)9-11(22-14(27)12-5-3-4-8-21-12)6-7-13(26)23-16-25-24-15(28-16)17(18,19)20;1-5(2,3)4/h6-7,10-12,21H,3-5,8-9H2,1-2H3,(H,22,27)(H,23,25,26);(H2,1,2,3,4)/t11-,12+;/m1./s1. The largest absolute Gasteiger partial charge is 0.445 e. The van der Waals surface area contributed by atoms with Crippen LogP contribution in [0.25, 0.3) is 0 Å². The van der Waals surface area contributed by atoms with Gasteiger partial charge in [0.15, 0.2) is 0 Å². The van der Waals surface area contributed by atoms with Crippen LogP contribution in [0.4, 0.5) is 18.3 Å². The highest BCUT2D eigenvalue weighted by molar-refractivity contribution is 7.79. The number of nitrogens with one attached hydrogen (secondary N) is 3. The molecular weight excluding hydrogens is 491 g/mol. The maximum absolute atomic E-state index is 12.5. The third kappa shape index (κ3) is 13.2. The molecule has 0 spiro atoms. The monoisotopic (exact) mass is 517 g/mol. The number of hydrogen-bond acceptors (Lipinski definition) is 8. The van der Waals surface area contributed by atoms with E-state index in [1.165, 1.54) is 6.08 Å². The summed E-state index contributed by atoms with van der Waals surface area (Å²) in [4.78, 5) is 24.4. The summed E-state index contributed by atoms with van der Waals surface area (Å²) < 4.78 is 69.2. The summed E-state index contributed by atoms with van der Waals surface area (Å²) in [6.07, 6.45) is 1.55. The lowest BCUT2D eigenvalue weighted by atomic mass is 10.0. The second-order valence-corrected chi connectivity index (χ2v) is 9.33. The first-order chi connectivity index (χ1) is 15.1. The molecule has 33 heavy (non-hydrogen) atoms. The van der Waals surface area contributed by atoms with Gasteiger partial charge in [-0.05, 0) is 31.7 Å². The van der Waals surface area contributed by atoms with Gasteiger partial charge in [-0.25, -0.2) is 0 Å². The number of amides is 2. The van der Waals surface area contributed by atoms with Gasteiger partial charge in [0.1, 0.15) is 0 Å². The lowest BCUT2D eigenvalue weighted by Crippen LogP contribution is -2.49. The fourth-order valence-electron chi connectivity index (χ4n) is 2.79. The number of halogens is 3. The first kappa shape index (κ1) is 28.9. The van der Waals surface area contributed by atoms with E-state index in [1.807, 2.05) is 13.8 Å². The molecule has 0 radical (unpaired) electrons. The first-order valence-electron chi connectivity index (χ1n) is 9.78. The maximum atomic E-state index is 12.5. The highest BCUT2D eigenvalue weighted by Gasteiger charge is 2.35. The number of piperidine rings is 1. The summed E-state index contributed by atoms with van der Waals surface area (Å²) in [5.74, 6) is -0.479. The van der Waals surface area contributed by atoms with Crippen LogP contribution in [-0.4, -0.2) is 58.2 Å². The van der Waals surface area contributed by atoms with Crippen molar-refractivity contribution in [2.75, 3.05) is 11.9 Å². The third-order valence-electron chi connectivity index (χ3n) is 4.06. The van der Waals surface area contributed by atoms with Crippen LogP contribution >= 0.6 is 11.3 Å². The fourth-order valence-corrected chi connectivity index (χ4v) is 3.41. The van der Waals surface area contributed by atoms with Crippen LogP contribution in [-0.2, 0) is 26.2 Å². The molecule has 0 aromatic carbocycles. The highest BCUT2D eigenvalue weighted by Crippen LogP contribution is 2.32. The lowest BCUT2D eigenvalue weighted by molar-refractivity contribution is -0.138. The van der Waals surface area contributed by atoms with Gasteiger partial charge >= 0.3 is 16.6 Å². The topological polar surface area (TPSA) is 171 Å². The maximum Gasteiger partial charge on any atom is 0.445 e. The molecule has 2 amide bonds. The van der Waals surface area contributed by atoms with Crippen molar-refractivity contribution in [3.8, 4) is 0 Å². The van der Waals surface area contributed by atoms with Gasteiger partial charge < -0.3 is 10.6 Å². The number of carbonyl (C=O) groups excluding carboxylic acids is 2. The summed E-state index contributed by atoms with van der Waals surface area (Å²) >= 11 is 0.251. The van der Waals surface area contributed by atoms with Crippen LogP contribution in [0.3, 0.4) is 0 Å². The van der Waals surface area contributed by atoms with Crippen LogP contribution in [0.2, 0.25) is 0 Å². The molecule has 1 aromatic heterocycles. The molecule has 2 atom stereocenters. The van der Waals surface area contributed by atoms with Crippen LogP contribution in [0.1, 0.15) is 44.5 Å². The first-order valence-corrected chi connectivity index (χ1v) is 12.0. The number of nitrogens with zero attached hydrogens (tertiary/aromatic N) is 2. The minimum Gasteiger partial charge on any atom is -0.349 e. The number of anilines is 1. The Hall–Kier alpha value is -2.14. The number of aromatic nitrogens is 2. The van der Waals surface area contributed by atoms with E-state index < -0.39 is 27.5 Å². The van der Waals surface area contributed by atoms with Gasteiger partial charge in [0.2, 0.25) is 22.0 Å². The Bertz CT molecular complexity index is 906. The van der Waals surface area contributed by atoms with Crippen molar-refractivity contribution >= 4 is 38.7 Å². The molecule has 5 N–H and O–H groups in total. The molecule has 11 nitrogen and oxygen atoms in total. The van der Waals surface area contributed by atoms with E-state index in [2.05, 4.69) is 26.1 Å². The van der Waals surface area contributed by atoms with E-state index in [-0.39, 0.29) is 40.4 Å². The van der Waals surface area contributed by atoms with Crippen molar-refractivity contribution in [2.45, 2.75) is 57.8 Å². The average molecular weight is 518 g/mol. The Labute approximate surface area is 192 Å². The molecular formula is C17H26F3N5O6S2. The molecule has 1 fully saturated rings. The summed E-state index contributed by atoms with van der Waals surface area (Å²) in [6, 6.07) is -0.602. The zero-order chi connectivity index (χ0) is 25.2. The van der Waals surface area contributed by atoms with Gasteiger partial charge in [0, 0.05) is 12.1 Å². The number of alkyl halides is 3. The molecule has 1 aromatic rings. The second kappa shape index (κ2) is 12.9. The van der Waals surface area contributed by atoms with Crippen molar-refractivity contribution in [3.63, 3.8) is 0 Å². The van der Waals surface area contributed by atoms with Crippen LogP contribution in [0.5, 0.6) is 0 Å². The van der Waals surface area contributed by atoms with Gasteiger partial charge in [-0.3, -0.25) is 24.0 Å². The van der Waals surface area contributed by atoms with E-state index in [0.29, 0.717) is 6.42 Å². The van der Waals surface area contributed by atoms with Crippen LogP contribution in [0, 0.1) is 5.92 Å². The quantitative estimate of drug-likeness (QED) is 0.268. The molecule has 1 aliphatic rings. The van der Waals surface area contributed by atoms with E-state index in [9.17, 15) is 22.8 Å². The summed E-state index contributed by atoms with van der Waals surface area (Å²) in [7, 11) is -4.67. The predicted molar refractivity (Wildman–Crippen MR) is 114 cm³/mol. The van der Waals surface area contributed by atoms with Gasteiger partial charge in [0.25, 0.3) is 0 Å². The molecule has 1 aliphatic heterocycles. The Morgan fingerprint density at radius 2 is 1.91 bits per heavy atom. The zero-order valence-electron chi connectivity index (χ0n) is 17.8. The molecule has 0 aliphatic carbocycles. The molecule has 0 unspecified atom stereocenters. The Balaban J connectivity index is 0.000000981. The van der Waals surface area contributed by atoms with Crippen LogP contribution in [0.15, 0.2) is 12.2 Å². The van der Waals surface area contributed by atoms with Crippen LogP contribution < -0.4 is 16.0 Å². The fraction of sp³-hybridized carbons (Fsp3) is 0.647. The van der Waals surface area contributed by atoms with Gasteiger partial charge in [-0.15, -0.1) is 10.2 Å². The smallest absolute Gasteiger partial charge is 0.349 e. The zero-order valence-corrected chi connectivity index (χ0v) is 19.4. The molecule has 2 rings (SSSR count). The normalized spacial score (nSPS) is 17.9. The Kier molecular flexibility index (Phi) is 11.3. The Morgan fingerprint density at radius 3 is 2.39 bits per heavy atom. The molecule has 188 valence electrons. The average Bonchev–Trinajstić information content (AvgIpc) is 3.14. The molecule has 0 bridgehead atoms. The summed E-state index contributed by atoms with van der Waals surface area (Å²) in [6.45, 7) is 4.78. The molecule has 1 saturated heterocycles. The van der Waals surface area contributed by atoms with E-state index >= 15 is 0 Å². The van der Waals surface area contributed by atoms with Gasteiger partial charge in [-0.2, -0.15) is 21.6 Å². The molecule has 0 saturated carbocycles.